The average Bonchev–Trinajstić information content (AvgIpc) is 2.27. The van der Waals surface area contributed by atoms with Crippen LogP contribution in [0.25, 0.3) is 0 Å². The number of carbonyl (C=O) groups is 2. The molecule has 0 aromatic heterocycles. The molecule has 0 bridgehead atoms. The Morgan fingerprint density at radius 3 is 2.59 bits per heavy atom. The maximum atomic E-state index is 11.5. The minimum atomic E-state index is -0.861. The molecule has 1 aromatic carbocycles. The summed E-state index contributed by atoms with van der Waals surface area (Å²) in [6.45, 7) is 2.01. The number of hydrogen-bond donors (Lipinski definition) is 1. The van der Waals surface area contributed by atoms with Crippen molar-refractivity contribution in [2.45, 2.75) is 32.4 Å². The van der Waals surface area contributed by atoms with Gasteiger partial charge in [-0.25, -0.2) is 0 Å². The highest BCUT2D eigenvalue weighted by molar-refractivity contribution is 5.75. The summed E-state index contributed by atoms with van der Waals surface area (Å²) < 4.78 is 0. The molecule has 0 unspecified atom stereocenters. The first kappa shape index (κ1) is 11.6. The lowest BCUT2D eigenvalue weighted by Crippen LogP contribution is -2.44. The summed E-state index contributed by atoms with van der Waals surface area (Å²) in [6, 6.07) is 7.65. The van der Waals surface area contributed by atoms with Gasteiger partial charge in [-0.3, -0.25) is 9.59 Å². The number of carbonyl (C=O) groups excluding carboxylic acids is 1. The van der Waals surface area contributed by atoms with E-state index in [2.05, 4.69) is 0 Å². The van der Waals surface area contributed by atoms with Crippen molar-refractivity contribution < 1.29 is 14.7 Å². The first-order valence-electron chi connectivity index (χ1n) is 5.63. The number of amides is 1. The van der Waals surface area contributed by atoms with E-state index in [9.17, 15) is 9.59 Å². The third kappa shape index (κ3) is 2.46. The molecule has 0 saturated heterocycles. The molecule has 4 heteroatoms. The molecule has 1 aromatic rings. The number of nitrogens with zero attached hydrogens (tertiary/aromatic N) is 1. The van der Waals surface area contributed by atoms with Gasteiger partial charge in [0.05, 0.1) is 6.42 Å². The van der Waals surface area contributed by atoms with Gasteiger partial charge in [0.1, 0.15) is 0 Å². The molecule has 1 aliphatic rings. The zero-order chi connectivity index (χ0) is 12.4. The Kier molecular flexibility index (Phi) is 3.13. The van der Waals surface area contributed by atoms with Crippen molar-refractivity contribution in [3.63, 3.8) is 0 Å². The highest BCUT2D eigenvalue weighted by Crippen LogP contribution is 2.24. The van der Waals surface area contributed by atoms with Crippen LogP contribution in [0, 0.1) is 0 Å². The van der Waals surface area contributed by atoms with Gasteiger partial charge in [-0.05, 0) is 17.5 Å². The number of fused-ring (bicyclic) bond motifs is 1. The van der Waals surface area contributed by atoms with Crippen LogP contribution < -0.4 is 0 Å². The minimum absolute atomic E-state index is 0.00785. The largest absolute Gasteiger partial charge is 0.481 e. The molecule has 1 amide bonds. The lowest BCUT2D eigenvalue weighted by Gasteiger charge is -2.35. The Hall–Kier alpha value is -1.84. The van der Waals surface area contributed by atoms with Crippen LogP contribution in [0.15, 0.2) is 24.3 Å². The van der Waals surface area contributed by atoms with Crippen molar-refractivity contribution in [3.05, 3.63) is 35.4 Å². The Morgan fingerprint density at radius 1 is 1.35 bits per heavy atom. The van der Waals surface area contributed by atoms with E-state index >= 15 is 0 Å². The summed E-state index contributed by atoms with van der Waals surface area (Å²) >= 11 is 0. The molecule has 90 valence electrons. The second-order valence-corrected chi connectivity index (χ2v) is 4.37. The van der Waals surface area contributed by atoms with Gasteiger partial charge in [-0.2, -0.15) is 0 Å². The van der Waals surface area contributed by atoms with Gasteiger partial charge in [0.15, 0.2) is 0 Å². The summed E-state index contributed by atoms with van der Waals surface area (Å²) in [7, 11) is 0. The van der Waals surface area contributed by atoms with Crippen LogP contribution in [0.1, 0.15) is 24.5 Å². The van der Waals surface area contributed by atoms with Crippen LogP contribution >= 0.6 is 0 Å². The van der Waals surface area contributed by atoms with Crippen molar-refractivity contribution in [2.75, 3.05) is 0 Å². The second-order valence-electron chi connectivity index (χ2n) is 4.37. The first-order chi connectivity index (χ1) is 8.08. The molecule has 17 heavy (non-hydrogen) atoms. The topological polar surface area (TPSA) is 57.6 Å². The third-order valence-corrected chi connectivity index (χ3v) is 3.17. The predicted octanol–water partition coefficient (Wildman–Crippen LogP) is 1.43. The molecule has 1 aliphatic heterocycles. The molecule has 1 N–H and O–H groups in total. The van der Waals surface area contributed by atoms with Gasteiger partial charge in [-0.15, -0.1) is 0 Å². The van der Waals surface area contributed by atoms with Crippen LogP contribution in [0.3, 0.4) is 0 Å². The van der Waals surface area contributed by atoms with Crippen LogP contribution in [-0.4, -0.2) is 27.9 Å². The van der Waals surface area contributed by atoms with E-state index < -0.39 is 5.97 Å². The third-order valence-electron chi connectivity index (χ3n) is 3.17. The molecule has 1 heterocycles. The van der Waals surface area contributed by atoms with Crippen molar-refractivity contribution in [1.82, 2.24) is 4.90 Å². The second kappa shape index (κ2) is 4.57. The quantitative estimate of drug-likeness (QED) is 0.840. The molecule has 1 atom stereocenters. The number of carboxylic acid groups (broad SMARTS) is 1. The monoisotopic (exact) mass is 233 g/mol. The summed E-state index contributed by atoms with van der Waals surface area (Å²) in [5, 5.41) is 8.88. The maximum Gasteiger partial charge on any atom is 0.305 e. The number of aliphatic carboxylic acids is 1. The van der Waals surface area contributed by atoms with E-state index in [1.54, 1.807) is 4.90 Å². The maximum absolute atomic E-state index is 11.5. The van der Waals surface area contributed by atoms with Crippen molar-refractivity contribution in [1.29, 1.82) is 0 Å². The number of hydrogen-bond acceptors (Lipinski definition) is 2. The lowest BCUT2D eigenvalue weighted by atomic mass is 9.92. The number of rotatable bonds is 2. The fourth-order valence-corrected chi connectivity index (χ4v) is 2.34. The summed E-state index contributed by atoms with van der Waals surface area (Å²) in [5.41, 5.74) is 2.26. The molecule has 0 aliphatic carbocycles. The van der Waals surface area contributed by atoms with Gasteiger partial charge in [-0.1, -0.05) is 24.3 Å². The van der Waals surface area contributed by atoms with Crippen LogP contribution in [0.4, 0.5) is 0 Å². The lowest BCUT2D eigenvalue weighted by molar-refractivity contribution is -0.140. The molecule has 4 nitrogen and oxygen atoms in total. The molecule has 0 fully saturated rings. The van der Waals surface area contributed by atoms with Gasteiger partial charge >= 0.3 is 5.97 Å². The van der Waals surface area contributed by atoms with Crippen molar-refractivity contribution >= 4 is 11.9 Å². The van der Waals surface area contributed by atoms with E-state index in [1.165, 1.54) is 6.92 Å². The van der Waals surface area contributed by atoms with E-state index in [-0.39, 0.29) is 18.4 Å². The molecule has 0 radical (unpaired) electrons. The first-order valence-corrected chi connectivity index (χ1v) is 5.63. The van der Waals surface area contributed by atoms with Gasteiger partial charge in [0.2, 0.25) is 5.91 Å². The Morgan fingerprint density at radius 2 is 2.00 bits per heavy atom. The summed E-state index contributed by atoms with van der Waals surface area (Å²) in [4.78, 5) is 24.0. The van der Waals surface area contributed by atoms with E-state index in [0.29, 0.717) is 13.0 Å². The minimum Gasteiger partial charge on any atom is -0.481 e. The van der Waals surface area contributed by atoms with Crippen LogP contribution in [-0.2, 0) is 22.6 Å². The molecule has 2 rings (SSSR count). The highest BCUT2D eigenvalue weighted by Gasteiger charge is 2.29. The predicted molar refractivity (Wildman–Crippen MR) is 62.4 cm³/mol. The van der Waals surface area contributed by atoms with Crippen molar-refractivity contribution in [2.24, 2.45) is 0 Å². The van der Waals surface area contributed by atoms with E-state index in [1.807, 2.05) is 24.3 Å². The molecular weight excluding hydrogens is 218 g/mol. The van der Waals surface area contributed by atoms with Gasteiger partial charge in [0.25, 0.3) is 0 Å². The van der Waals surface area contributed by atoms with Crippen LogP contribution in [0.5, 0.6) is 0 Å². The molecular formula is C13H15NO3. The van der Waals surface area contributed by atoms with Crippen molar-refractivity contribution in [3.8, 4) is 0 Å². The average molecular weight is 233 g/mol. The number of carboxylic acids is 1. The fourth-order valence-electron chi connectivity index (χ4n) is 2.34. The zero-order valence-electron chi connectivity index (χ0n) is 9.72. The molecule has 0 saturated carbocycles. The Balaban J connectivity index is 2.27. The molecule has 0 spiro atoms. The summed E-state index contributed by atoms with van der Waals surface area (Å²) in [6.07, 6.45) is 0.635. The van der Waals surface area contributed by atoms with E-state index in [4.69, 9.17) is 5.11 Å². The normalized spacial score (nSPS) is 18.6. The smallest absolute Gasteiger partial charge is 0.305 e. The van der Waals surface area contributed by atoms with Crippen LogP contribution in [0.2, 0.25) is 0 Å². The highest BCUT2D eigenvalue weighted by atomic mass is 16.4. The fraction of sp³-hybridized carbons (Fsp3) is 0.385. The van der Waals surface area contributed by atoms with Gasteiger partial charge < -0.3 is 10.0 Å². The Bertz CT molecular complexity index is 456. The standard InChI is InChI=1S/C13H15NO3/c1-9(15)14-8-11-5-3-2-4-10(11)6-12(14)7-13(16)17/h2-5,12H,6-8H2,1H3,(H,16,17)/t12-/m1/s1. The van der Waals surface area contributed by atoms with E-state index in [0.717, 1.165) is 11.1 Å². The number of benzene rings is 1. The van der Waals surface area contributed by atoms with Gasteiger partial charge in [0, 0.05) is 19.5 Å². The summed E-state index contributed by atoms with van der Waals surface area (Å²) in [5.74, 6) is -0.925. The zero-order valence-corrected chi connectivity index (χ0v) is 9.72. The Labute approximate surface area is 99.9 Å². The SMILES string of the molecule is CC(=O)N1Cc2ccccc2C[C@@H]1CC(=O)O.